The molecule has 1 aromatic rings. The molecule has 2 aliphatic carbocycles. The van der Waals surface area contributed by atoms with Gasteiger partial charge in [-0.1, -0.05) is 12.1 Å². The fourth-order valence-corrected chi connectivity index (χ4v) is 3.08. The van der Waals surface area contributed by atoms with E-state index >= 15 is 0 Å². The molecule has 0 bridgehead atoms. The van der Waals surface area contributed by atoms with Gasteiger partial charge in [0.15, 0.2) is 0 Å². The van der Waals surface area contributed by atoms with Crippen LogP contribution in [0.3, 0.4) is 0 Å². The van der Waals surface area contributed by atoms with E-state index in [1.807, 2.05) is 6.07 Å². The maximum Gasteiger partial charge on any atom is 0.119 e. The number of benzene rings is 1. The van der Waals surface area contributed by atoms with Crippen LogP contribution in [-0.4, -0.2) is 18.3 Å². The van der Waals surface area contributed by atoms with Gasteiger partial charge in [0.1, 0.15) is 5.75 Å². The Kier molecular flexibility index (Phi) is 2.67. The smallest absolute Gasteiger partial charge is 0.119 e. The van der Waals surface area contributed by atoms with Crippen LogP contribution in [0.1, 0.15) is 30.4 Å². The molecule has 0 radical (unpaired) electrons. The van der Waals surface area contributed by atoms with E-state index in [2.05, 4.69) is 18.2 Å². The minimum absolute atomic E-state index is 0.143. The third kappa shape index (κ3) is 1.87. The molecular formula is C15H18O2. The molecule has 0 heterocycles. The highest BCUT2D eigenvalue weighted by atomic mass is 16.5. The van der Waals surface area contributed by atoms with E-state index in [0.717, 1.165) is 25.0 Å². The third-order valence-electron chi connectivity index (χ3n) is 4.00. The topological polar surface area (TPSA) is 29.5 Å². The first-order chi connectivity index (χ1) is 8.28. The summed E-state index contributed by atoms with van der Waals surface area (Å²) in [7, 11) is 1.71. The van der Waals surface area contributed by atoms with E-state index in [-0.39, 0.29) is 6.10 Å². The van der Waals surface area contributed by atoms with Gasteiger partial charge in [-0.05, 0) is 60.4 Å². The van der Waals surface area contributed by atoms with Crippen molar-refractivity contribution in [3.8, 4) is 5.75 Å². The summed E-state index contributed by atoms with van der Waals surface area (Å²) in [4.78, 5) is 0. The zero-order valence-corrected chi connectivity index (χ0v) is 10.1. The lowest BCUT2D eigenvalue weighted by Gasteiger charge is -2.33. The molecule has 1 aromatic carbocycles. The first-order valence-corrected chi connectivity index (χ1v) is 6.33. The molecule has 0 spiro atoms. The molecule has 0 aromatic heterocycles. The normalized spacial score (nSPS) is 26.8. The Morgan fingerprint density at radius 3 is 3.06 bits per heavy atom. The zero-order valence-electron chi connectivity index (χ0n) is 10.1. The monoisotopic (exact) mass is 230 g/mol. The van der Waals surface area contributed by atoms with Gasteiger partial charge in [0.2, 0.25) is 0 Å². The van der Waals surface area contributed by atoms with E-state index in [4.69, 9.17) is 4.74 Å². The summed E-state index contributed by atoms with van der Waals surface area (Å²) in [6, 6.07) is 6.36. The molecule has 0 fully saturated rings. The number of allylic oxidation sites excluding steroid dienone is 1. The third-order valence-corrected chi connectivity index (χ3v) is 4.00. The minimum Gasteiger partial charge on any atom is -0.497 e. The van der Waals surface area contributed by atoms with Crippen LogP contribution in [0.2, 0.25) is 0 Å². The van der Waals surface area contributed by atoms with Crippen molar-refractivity contribution >= 4 is 5.57 Å². The Balaban J connectivity index is 2.04. The standard InChI is InChI=1S/C15H18O2/c1-17-13-6-4-10-2-3-11-8-12(16)5-7-14(11)15(10)9-13/h4,6-7,9,11-12,16H,2-3,5,8H2,1H3/t11-,12-/m0/s1. The average Bonchev–Trinajstić information content (AvgIpc) is 2.37. The number of ether oxygens (including phenoxy) is 1. The number of fused-ring (bicyclic) bond motifs is 3. The number of aliphatic hydroxyl groups excluding tert-OH is 1. The van der Waals surface area contributed by atoms with Crippen molar-refractivity contribution in [2.45, 2.75) is 31.8 Å². The van der Waals surface area contributed by atoms with E-state index in [9.17, 15) is 5.11 Å². The second kappa shape index (κ2) is 4.19. The van der Waals surface area contributed by atoms with E-state index in [0.29, 0.717) is 5.92 Å². The van der Waals surface area contributed by atoms with Crippen LogP contribution >= 0.6 is 0 Å². The Morgan fingerprint density at radius 2 is 2.24 bits per heavy atom. The summed E-state index contributed by atoms with van der Waals surface area (Å²) in [5.41, 5.74) is 4.19. The van der Waals surface area contributed by atoms with Crippen molar-refractivity contribution in [1.29, 1.82) is 0 Å². The summed E-state index contributed by atoms with van der Waals surface area (Å²) < 4.78 is 5.30. The van der Waals surface area contributed by atoms with Crippen LogP contribution in [0.5, 0.6) is 5.75 Å². The van der Waals surface area contributed by atoms with Crippen molar-refractivity contribution in [2.24, 2.45) is 5.92 Å². The molecule has 0 saturated carbocycles. The summed E-state index contributed by atoms with van der Waals surface area (Å²) in [6.45, 7) is 0. The Hall–Kier alpha value is -1.28. The van der Waals surface area contributed by atoms with E-state index in [1.54, 1.807) is 7.11 Å². The lowest BCUT2D eigenvalue weighted by molar-refractivity contribution is 0.147. The summed E-state index contributed by atoms with van der Waals surface area (Å²) >= 11 is 0. The van der Waals surface area contributed by atoms with E-state index in [1.165, 1.54) is 23.1 Å². The van der Waals surface area contributed by atoms with Gasteiger partial charge >= 0.3 is 0 Å². The number of rotatable bonds is 1. The number of hydrogen-bond acceptors (Lipinski definition) is 2. The second-order valence-corrected chi connectivity index (χ2v) is 5.04. The molecule has 17 heavy (non-hydrogen) atoms. The molecule has 0 saturated heterocycles. The van der Waals surface area contributed by atoms with Gasteiger partial charge in [-0.25, -0.2) is 0 Å². The van der Waals surface area contributed by atoms with Crippen molar-refractivity contribution in [3.05, 3.63) is 35.4 Å². The summed E-state index contributed by atoms with van der Waals surface area (Å²) in [5, 5.41) is 9.73. The SMILES string of the molecule is COc1ccc2c(c1)C1=CC[C@H](O)C[C@@H]1CC2. The van der Waals surface area contributed by atoms with Gasteiger partial charge in [-0.2, -0.15) is 0 Å². The van der Waals surface area contributed by atoms with Crippen LogP contribution in [0.4, 0.5) is 0 Å². The van der Waals surface area contributed by atoms with Crippen LogP contribution in [0, 0.1) is 5.92 Å². The number of methoxy groups -OCH3 is 1. The van der Waals surface area contributed by atoms with E-state index < -0.39 is 0 Å². The molecule has 2 nitrogen and oxygen atoms in total. The molecule has 2 aliphatic rings. The Labute approximate surface area is 102 Å². The van der Waals surface area contributed by atoms with Crippen LogP contribution in [-0.2, 0) is 6.42 Å². The highest BCUT2D eigenvalue weighted by Gasteiger charge is 2.28. The predicted molar refractivity (Wildman–Crippen MR) is 68.0 cm³/mol. The first-order valence-electron chi connectivity index (χ1n) is 6.33. The van der Waals surface area contributed by atoms with Gasteiger partial charge in [-0.15, -0.1) is 0 Å². The average molecular weight is 230 g/mol. The summed E-state index contributed by atoms with van der Waals surface area (Å²) in [6.07, 6.45) is 6.08. The van der Waals surface area contributed by atoms with Crippen molar-refractivity contribution in [3.63, 3.8) is 0 Å². The largest absolute Gasteiger partial charge is 0.497 e. The lowest BCUT2D eigenvalue weighted by atomic mass is 9.73. The summed E-state index contributed by atoms with van der Waals surface area (Å²) in [5.74, 6) is 1.47. The van der Waals surface area contributed by atoms with Crippen LogP contribution in [0.25, 0.3) is 5.57 Å². The Bertz CT molecular complexity index is 462. The van der Waals surface area contributed by atoms with Gasteiger partial charge in [0.25, 0.3) is 0 Å². The second-order valence-electron chi connectivity index (χ2n) is 5.04. The van der Waals surface area contributed by atoms with Crippen LogP contribution < -0.4 is 4.74 Å². The highest BCUT2D eigenvalue weighted by molar-refractivity contribution is 5.73. The number of aliphatic hydroxyl groups is 1. The maximum atomic E-state index is 9.73. The van der Waals surface area contributed by atoms with Crippen molar-refractivity contribution in [2.75, 3.05) is 7.11 Å². The van der Waals surface area contributed by atoms with Gasteiger partial charge in [0, 0.05) is 0 Å². The van der Waals surface area contributed by atoms with Gasteiger partial charge in [-0.3, -0.25) is 0 Å². The molecular weight excluding hydrogens is 212 g/mol. The first kappa shape index (κ1) is 10.8. The molecule has 0 unspecified atom stereocenters. The molecule has 0 aliphatic heterocycles. The van der Waals surface area contributed by atoms with Gasteiger partial charge in [0.05, 0.1) is 13.2 Å². The highest BCUT2D eigenvalue weighted by Crippen LogP contribution is 2.42. The quantitative estimate of drug-likeness (QED) is 0.804. The fraction of sp³-hybridized carbons (Fsp3) is 0.467. The molecule has 0 amide bonds. The molecule has 2 atom stereocenters. The molecule has 1 N–H and O–H groups in total. The van der Waals surface area contributed by atoms with Crippen molar-refractivity contribution in [1.82, 2.24) is 0 Å². The Morgan fingerprint density at radius 1 is 1.35 bits per heavy atom. The molecule has 90 valence electrons. The lowest BCUT2D eigenvalue weighted by Crippen LogP contribution is -2.23. The van der Waals surface area contributed by atoms with Crippen LogP contribution in [0.15, 0.2) is 24.3 Å². The number of hydrogen-bond donors (Lipinski definition) is 1. The predicted octanol–water partition coefficient (Wildman–Crippen LogP) is 2.80. The maximum absolute atomic E-state index is 9.73. The minimum atomic E-state index is -0.143. The number of aryl methyl sites for hydroxylation is 1. The van der Waals surface area contributed by atoms with Crippen molar-refractivity contribution < 1.29 is 9.84 Å². The molecule has 2 heteroatoms. The van der Waals surface area contributed by atoms with Gasteiger partial charge < -0.3 is 9.84 Å². The zero-order chi connectivity index (χ0) is 11.8. The molecule has 3 rings (SSSR count). The fourth-order valence-electron chi connectivity index (χ4n) is 3.08.